The standard InChI is InChI=1S/C7H10N2O/c1-8-6-4-3-5-9(2)7(6)10/h3,5H,4H2,1-2H3. The zero-order valence-corrected chi connectivity index (χ0v) is 6.16. The summed E-state index contributed by atoms with van der Waals surface area (Å²) in [6.45, 7) is 0. The molecule has 54 valence electrons. The minimum absolute atomic E-state index is 0.00463. The lowest BCUT2D eigenvalue weighted by atomic mass is 10.2. The molecule has 10 heavy (non-hydrogen) atoms. The van der Waals surface area contributed by atoms with Crippen LogP contribution in [0.4, 0.5) is 0 Å². The molecule has 3 heteroatoms. The molecule has 0 aromatic rings. The third kappa shape index (κ3) is 1.07. The van der Waals surface area contributed by atoms with Crippen molar-refractivity contribution in [1.82, 2.24) is 4.90 Å². The van der Waals surface area contributed by atoms with E-state index in [0.29, 0.717) is 12.1 Å². The van der Waals surface area contributed by atoms with Gasteiger partial charge in [0.25, 0.3) is 5.91 Å². The van der Waals surface area contributed by atoms with Gasteiger partial charge in [-0.2, -0.15) is 0 Å². The fraction of sp³-hybridized carbons (Fsp3) is 0.429. The van der Waals surface area contributed by atoms with Gasteiger partial charge in [0.2, 0.25) is 0 Å². The summed E-state index contributed by atoms with van der Waals surface area (Å²) in [6.07, 6.45) is 4.35. The number of hydrogen-bond acceptors (Lipinski definition) is 2. The molecule has 0 aromatic heterocycles. The minimum atomic E-state index is 0.00463. The van der Waals surface area contributed by atoms with E-state index < -0.39 is 0 Å². The molecule has 0 saturated heterocycles. The first-order valence-electron chi connectivity index (χ1n) is 3.15. The second-order valence-electron chi connectivity index (χ2n) is 2.18. The summed E-state index contributed by atoms with van der Waals surface area (Å²) in [5.74, 6) is 0.00463. The molecule has 0 radical (unpaired) electrons. The molecule has 0 aromatic carbocycles. The molecule has 1 aliphatic rings. The van der Waals surface area contributed by atoms with E-state index in [9.17, 15) is 4.79 Å². The summed E-state index contributed by atoms with van der Waals surface area (Å²) in [4.78, 5) is 16.5. The molecule has 0 atom stereocenters. The van der Waals surface area contributed by atoms with Gasteiger partial charge < -0.3 is 4.90 Å². The van der Waals surface area contributed by atoms with E-state index in [1.54, 1.807) is 20.3 Å². The van der Waals surface area contributed by atoms with Crippen molar-refractivity contribution in [1.29, 1.82) is 0 Å². The summed E-state index contributed by atoms with van der Waals surface area (Å²) >= 11 is 0. The predicted octanol–water partition coefficient (Wildman–Crippen LogP) is 0.433. The molecule has 0 aliphatic carbocycles. The highest BCUT2D eigenvalue weighted by molar-refractivity contribution is 6.39. The Morgan fingerprint density at radius 2 is 2.40 bits per heavy atom. The van der Waals surface area contributed by atoms with Crippen LogP contribution >= 0.6 is 0 Å². The molecule has 0 spiro atoms. The molecule has 1 heterocycles. The normalized spacial score (nSPS) is 22.4. The van der Waals surface area contributed by atoms with E-state index in [1.165, 1.54) is 4.90 Å². The number of carbonyl (C=O) groups excluding carboxylic acids is 1. The maximum Gasteiger partial charge on any atom is 0.271 e. The molecule has 3 nitrogen and oxygen atoms in total. The zero-order chi connectivity index (χ0) is 7.56. The number of amides is 1. The number of aliphatic imine (C=N–C) groups is 1. The summed E-state index contributed by atoms with van der Waals surface area (Å²) in [5.41, 5.74) is 0.630. The maximum absolute atomic E-state index is 11.1. The highest BCUT2D eigenvalue weighted by Crippen LogP contribution is 2.02. The predicted molar refractivity (Wildman–Crippen MR) is 39.9 cm³/mol. The van der Waals surface area contributed by atoms with Crippen LogP contribution in [0.25, 0.3) is 0 Å². The molecule has 0 saturated carbocycles. The van der Waals surface area contributed by atoms with Gasteiger partial charge in [0, 0.05) is 26.7 Å². The van der Waals surface area contributed by atoms with Crippen LogP contribution < -0.4 is 0 Å². The van der Waals surface area contributed by atoms with Crippen molar-refractivity contribution in [3.63, 3.8) is 0 Å². The summed E-state index contributed by atoms with van der Waals surface area (Å²) in [6, 6.07) is 0. The lowest BCUT2D eigenvalue weighted by Crippen LogP contribution is -2.31. The third-order valence-electron chi connectivity index (χ3n) is 1.48. The third-order valence-corrected chi connectivity index (χ3v) is 1.48. The average Bonchev–Trinajstić information content (AvgIpc) is 1.95. The van der Waals surface area contributed by atoms with E-state index in [4.69, 9.17) is 0 Å². The molecular formula is C7H10N2O. The van der Waals surface area contributed by atoms with Gasteiger partial charge in [-0.15, -0.1) is 0 Å². The van der Waals surface area contributed by atoms with Crippen LogP contribution in [0.1, 0.15) is 6.42 Å². The number of carbonyl (C=O) groups is 1. The van der Waals surface area contributed by atoms with Crippen LogP contribution in [0.3, 0.4) is 0 Å². The summed E-state index contributed by atoms with van der Waals surface area (Å²) < 4.78 is 0. The monoisotopic (exact) mass is 138 g/mol. The Morgan fingerprint density at radius 1 is 1.70 bits per heavy atom. The van der Waals surface area contributed by atoms with E-state index >= 15 is 0 Å². The molecule has 1 aliphatic heterocycles. The number of allylic oxidation sites excluding steroid dienone is 1. The highest BCUT2D eigenvalue weighted by Gasteiger charge is 2.15. The molecule has 1 rings (SSSR count). The fourth-order valence-corrected chi connectivity index (χ4v) is 0.868. The SMILES string of the molecule is CN=C1CC=CN(C)C1=O. The molecule has 0 bridgehead atoms. The van der Waals surface area contributed by atoms with Crippen LogP contribution in [0.5, 0.6) is 0 Å². The number of nitrogens with zero attached hydrogens (tertiary/aromatic N) is 2. The second-order valence-corrected chi connectivity index (χ2v) is 2.18. The van der Waals surface area contributed by atoms with Crippen molar-refractivity contribution in [3.8, 4) is 0 Å². The van der Waals surface area contributed by atoms with Gasteiger partial charge in [0.05, 0.1) is 0 Å². The van der Waals surface area contributed by atoms with E-state index in [1.807, 2.05) is 6.08 Å². The number of rotatable bonds is 0. The van der Waals surface area contributed by atoms with E-state index in [0.717, 1.165) is 0 Å². The van der Waals surface area contributed by atoms with E-state index in [-0.39, 0.29) is 5.91 Å². The van der Waals surface area contributed by atoms with Crippen molar-refractivity contribution in [2.75, 3.05) is 14.1 Å². The maximum atomic E-state index is 11.1. The Balaban J connectivity index is 2.85. The first kappa shape index (κ1) is 6.99. The summed E-state index contributed by atoms with van der Waals surface area (Å²) in [5, 5.41) is 0. The highest BCUT2D eigenvalue weighted by atomic mass is 16.2. The first-order valence-corrected chi connectivity index (χ1v) is 3.15. The Kier molecular flexibility index (Phi) is 1.85. The van der Waals surface area contributed by atoms with Crippen LogP contribution in [-0.2, 0) is 4.79 Å². The van der Waals surface area contributed by atoms with Crippen molar-refractivity contribution in [3.05, 3.63) is 12.3 Å². The quantitative estimate of drug-likeness (QED) is 0.478. The van der Waals surface area contributed by atoms with Gasteiger partial charge in [-0.05, 0) is 0 Å². The van der Waals surface area contributed by atoms with Crippen molar-refractivity contribution < 1.29 is 4.79 Å². The van der Waals surface area contributed by atoms with Crippen LogP contribution in [0.15, 0.2) is 17.3 Å². The van der Waals surface area contributed by atoms with Gasteiger partial charge in [0.1, 0.15) is 5.71 Å². The Hall–Kier alpha value is -1.12. The molecular weight excluding hydrogens is 128 g/mol. The van der Waals surface area contributed by atoms with Crippen molar-refractivity contribution >= 4 is 11.6 Å². The largest absolute Gasteiger partial charge is 0.317 e. The molecule has 0 fully saturated rings. The van der Waals surface area contributed by atoms with Gasteiger partial charge >= 0.3 is 0 Å². The van der Waals surface area contributed by atoms with Crippen LogP contribution in [0, 0.1) is 0 Å². The Morgan fingerprint density at radius 3 is 2.90 bits per heavy atom. The summed E-state index contributed by atoms with van der Waals surface area (Å²) in [7, 11) is 3.36. The fourth-order valence-electron chi connectivity index (χ4n) is 0.868. The van der Waals surface area contributed by atoms with Crippen molar-refractivity contribution in [2.45, 2.75) is 6.42 Å². The number of hydrogen-bond donors (Lipinski definition) is 0. The van der Waals surface area contributed by atoms with Gasteiger partial charge in [-0.3, -0.25) is 9.79 Å². The lowest BCUT2D eigenvalue weighted by molar-refractivity contribution is -0.121. The Labute approximate surface area is 60.1 Å². The minimum Gasteiger partial charge on any atom is -0.317 e. The molecule has 1 amide bonds. The van der Waals surface area contributed by atoms with Gasteiger partial charge in [-0.1, -0.05) is 6.08 Å². The second kappa shape index (κ2) is 2.64. The van der Waals surface area contributed by atoms with Crippen LogP contribution in [-0.4, -0.2) is 30.6 Å². The molecule has 0 N–H and O–H groups in total. The van der Waals surface area contributed by atoms with Crippen LogP contribution in [0.2, 0.25) is 0 Å². The topological polar surface area (TPSA) is 32.7 Å². The van der Waals surface area contributed by atoms with Gasteiger partial charge in [-0.25, -0.2) is 0 Å². The smallest absolute Gasteiger partial charge is 0.271 e. The lowest BCUT2D eigenvalue weighted by Gasteiger charge is -2.16. The van der Waals surface area contributed by atoms with E-state index in [2.05, 4.69) is 4.99 Å². The average molecular weight is 138 g/mol. The first-order chi connectivity index (χ1) is 4.75. The van der Waals surface area contributed by atoms with Crippen molar-refractivity contribution in [2.24, 2.45) is 4.99 Å². The zero-order valence-electron chi connectivity index (χ0n) is 6.16. The van der Waals surface area contributed by atoms with Gasteiger partial charge in [0.15, 0.2) is 0 Å². The Bertz CT molecular complexity index is 206. The molecule has 0 unspecified atom stereocenters.